The first-order valence-corrected chi connectivity index (χ1v) is 15.8. The van der Waals surface area contributed by atoms with Crippen molar-refractivity contribution in [3.8, 4) is 23.0 Å². The summed E-state index contributed by atoms with van der Waals surface area (Å²) in [6.45, 7) is 6.76. The fraction of sp³-hybridized carbons (Fsp3) is 0.556. The third-order valence-corrected chi connectivity index (χ3v) is 11.0. The van der Waals surface area contributed by atoms with Crippen LogP contribution in [-0.2, 0) is 20.2 Å². The van der Waals surface area contributed by atoms with Crippen molar-refractivity contribution in [1.29, 1.82) is 10.5 Å². The first-order valence-electron chi connectivity index (χ1n) is 13.5. The molecule has 40 heavy (non-hydrogen) atoms. The lowest BCUT2D eigenvalue weighted by atomic mass is 9.88. The fourth-order valence-electron chi connectivity index (χ4n) is 5.36. The van der Waals surface area contributed by atoms with Gasteiger partial charge in [-0.2, -0.15) is 10.5 Å². The monoisotopic (exact) mass is 578 g/mol. The van der Waals surface area contributed by atoms with E-state index < -0.39 is 21.0 Å². The maximum Gasteiger partial charge on any atom is 0.242 e. The lowest BCUT2D eigenvalue weighted by Crippen LogP contribution is -2.40. The normalized spacial score (nSPS) is 19.9. The minimum atomic E-state index is -3.87. The number of piperidine rings is 1. The molecule has 13 heteroatoms. The molecule has 1 amide bonds. The van der Waals surface area contributed by atoms with Gasteiger partial charge in [-0.05, 0) is 63.0 Å². The number of carbonyl (C=O) groups excluding carboxylic acids is 1. The molecule has 3 aromatic heterocycles. The number of aromatic nitrogens is 4. The topological polar surface area (TPSA) is 157 Å². The predicted octanol–water partition coefficient (Wildman–Crippen LogP) is 3.47. The van der Waals surface area contributed by atoms with Gasteiger partial charge in [0, 0.05) is 30.7 Å². The highest BCUT2D eigenvalue weighted by molar-refractivity contribution is 7.89. The van der Waals surface area contributed by atoms with Crippen molar-refractivity contribution < 1.29 is 13.2 Å². The summed E-state index contributed by atoms with van der Waals surface area (Å²) in [5.74, 6) is 0.263. The molecule has 3 aliphatic rings. The van der Waals surface area contributed by atoms with Gasteiger partial charge in [-0.3, -0.25) is 9.20 Å². The maximum absolute atomic E-state index is 13.6. The Morgan fingerprint density at radius 1 is 1.18 bits per heavy atom. The smallest absolute Gasteiger partial charge is 0.242 e. The zero-order valence-electron chi connectivity index (χ0n) is 22.6. The van der Waals surface area contributed by atoms with Crippen molar-refractivity contribution in [1.82, 2.24) is 29.2 Å². The van der Waals surface area contributed by atoms with Crippen LogP contribution in [0.2, 0.25) is 0 Å². The summed E-state index contributed by atoms with van der Waals surface area (Å²) in [5, 5.41) is 29.3. The number of fused-ring (bicyclic) bond motifs is 1. The van der Waals surface area contributed by atoms with E-state index in [0.29, 0.717) is 47.3 Å². The molecular formula is C27H30N8O3S2. The molecule has 2 aliphatic carbocycles. The van der Waals surface area contributed by atoms with Crippen LogP contribution in [0.25, 0.3) is 16.3 Å². The molecule has 11 nitrogen and oxygen atoms in total. The Kier molecular flexibility index (Phi) is 6.26. The number of imidazole rings is 1. The number of rotatable bonds is 7. The molecular weight excluding hydrogens is 548 g/mol. The third-order valence-electron chi connectivity index (χ3n) is 8.27. The number of nitrogens with zero attached hydrogens (tertiary/aromatic N) is 7. The van der Waals surface area contributed by atoms with Crippen LogP contribution < -0.4 is 4.72 Å². The zero-order valence-corrected chi connectivity index (χ0v) is 24.3. The second-order valence-corrected chi connectivity index (χ2v) is 14.4. The van der Waals surface area contributed by atoms with E-state index in [0.717, 1.165) is 31.2 Å². The Balaban J connectivity index is 1.48. The van der Waals surface area contributed by atoms with Crippen LogP contribution in [-0.4, -0.2) is 57.4 Å². The number of nitrogens with one attached hydrogen (secondary N) is 1. The summed E-state index contributed by atoms with van der Waals surface area (Å²) in [5.41, 5.74) is 0.356. The van der Waals surface area contributed by atoms with Gasteiger partial charge in [-0.25, -0.2) is 18.1 Å². The van der Waals surface area contributed by atoms with Gasteiger partial charge >= 0.3 is 0 Å². The van der Waals surface area contributed by atoms with Crippen molar-refractivity contribution in [2.45, 2.75) is 81.1 Å². The fourth-order valence-corrected chi connectivity index (χ4v) is 7.89. The zero-order chi connectivity index (χ0) is 28.4. The molecule has 0 radical (unpaired) electrons. The Hall–Kier alpha value is -3.39. The van der Waals surface area contributed by atoms with E-state index in [1.54, 1.807) is 10.5 Å². The largest absolute Gasteiger partial charge is 0.342 e. The summed E-state index contributed by atoms with van der Waals surface area (Å²) in [6, 6.07) is 6.19. The lowest BCUT2D eigenvalue weighted by Gasteiger charge is -2.33. The van der Waals surface area contributed by atoms with Gasteiger partial charge in [0.2, 0.25) is 15.9 Å². The average molecular weight is 579 g/mol. The van der Waals surface area contributed by atoms with E-state index in [2.05, 4.69) is 32.0 Å². The molecule has 3 aromatic rings. The number of hydrogen-bond acceptors (Lipinski definition) is 9. The number of carbonyl (C=O) groups is 1. The molecule has 208 valence electrons. The minimum absolute atomic E-state index is 0.0691. The van der Waals surface area contributed by atoms with E-state index in [1.165, 1.54) is 17.5 Å². The molecule has 0 atom stereocenters. The average Bonchev–Trinajstić information content (AvgIpc) is 3.78. The summed E-state index contributed by atoms with van der Waals surface area (Å²) in [6.07, 6.45) is 5.77. The van der Waals surface area contributed by atoms with Crippen LogP contribution >= 0.6 is 11.3 Å². The Morgan fingerprint density at radius 2 is 1.88 bits per heavy atom. The van der Waals surface area contributed by atoms with Gasteiger partial charge in [-0.1, -0.05) is 25.2 Å². The summed E-state index contributed by atoms with van der Waals surface area (Å²) < 4.78 is 31.6. The second kappa shape index (κ2) is 9.33. The summed E-state index contributed by atoms with van der Waals surface area (Å²) in [4.78, 5) is 19.1. The van der Waals surface area contributed by atoms with Gasteiger partial charge in [-0.15, -0.1) is 10.2 Å². The molecule has 6 rings (SSSR count). The van der Waals surface area contributed by atoms with Crippen LogP contribution in [0.5, 0.6) is 0 Å². The Labute approximate surface area is 236 Å². The Bertz CT molecular complexity index is 1710. The van der Waals surface area contributed by atoms with E-state index in [1.807, 2.05) is 25.7 Å². The van der Waals surface area contributed by atoms with Crippen LogP contribution in [0.4, 0.5) is 0 Å². The van der Waals surface area contributed by atoms with Crippen molar-refractivity contribution >= 4 is 32.8 Å². The highest BCUT2D eigenvalue weighted by Gasteiger charge is 2.48. The molecule has 0 spiro atoms. The second-order valence-electron chi connectivity index (χ2n) is 11.8. The minimum Gasteiger partial charge on any atom is -0.342 e. The molecule has 2 saturated carbocycles. The molecule has 0 aromatic carbocycles. The molecule has 0 bridgehead atoms. The van der Waals surface area contributed by atoms with Crippen LogP contribution in [0, 0.1) is 28.6 Å². The molecule has 3 fully saturated rings. The number of hydrogen-bond donors (Lipinski definition) is 1. The van der Waals surface area contributed by atoms with E-state index >= 15 is 0 Å². The maximum atomic E-state index is 13.6. The highest BCUT2D eigenvalue weighted by Crippen LogP contribution is 2.49. The molecule has 0 unspecified atom stereocenters. The van der Waals surface area contributed by atoms with Crippen molar-refractivity contribution in [3.63, 3.8) is 0 Å². The number of amides is 1. The van der Waals surface area contributed by atoms with Crippen molar-refractivity contribution in [2.24, 2.45) is 5.92 Å². The Morgan fingerprint density at radius 3 is 2.45 bits per heavy atom. The number of likely N-dealkylation sites (tertiary alicyclic amines) is 1. The van der Waals surface area contributed by atoms with E-state index in [4.69, 9.17) is 0 Å². The highest BCUT2D eigenvalue weighted by atomic mass is 32.2. The van der Waals surface area contributed by atoms with Gasteiger partial charge in [0.15, 0.2) is 16.5 Å². The van der Waals surface area contributed by atoms with Gasteiger partial charge in [0.1, 0.15) is 16.5 Å². The summed E-state index contributed by atoms with van der Waals surface area (Å²) >= 11 is 1.25. The van der Waals surface area contributed by atoms with Crippen LogP contribution in [0.3, 0.4) is 0 Å². The van der Waals surface area contributed by atoms with Crippen molar-refractivity contribution in [2.75, 3.05) is 13.1 Å². The van der Waals surface area contributed by atoms with Gasteiger partial charge in [0.25, 0.3) is 0 Å². The quantitative estimate of drug-likeness (QED) is 0.446. The van der Waals surface area contributed by atoms with Crippen LogP contribution in [0.15, 0.2) is 17.2 Å². The van der Waals surface area contributed by atoms with Crippen LogP contribution in [0.1, 0.15) is 81.5 Å². The molecule has 1 aliphatic heterocycles. The standard InChI is InChI=1S/C27H30N8O3S2/c1-16(2)24(36)34-10-4-17(5-11-34)19-12-18(40(37,38)33-26(3)6-7-26)14-35-21(19)20(13-28)30-22(35)23-31-32-25(39-23)27(15-29)8-9-27/h12,14,16-17,33H,4-11H2,1-3H3. The molecule has 1 N–H and O–H groups in total. The first kappa shape index (κ1) is 26.8. The van der Waals surface area contributed by atoms with Crippen molar-refractivity contribution in [3.05, 3.63) is 28.5 Å². The number of pyridine rings is 1. The SMILES string of the molecule is CC(C)C(=O)N1CCC(c2cc(S(=O)(=O)NC3(C)CC3)cn3c(-c4nnc(C5(C#N)CC5)s4)nc(C#N)c23)CC1. The predicted molar refractivity (Wildman–Crippen MR) is 147 cm³/mol. The molecule has 1 saturated heterocycles. The first-order chi connectivity index (χ1) is 19.0. The lowest BCUT2D eigenvalue weighted by molar-refractivity contribution is -0.135. The number of sulfonamides is 1. The van der Waals surface area contributed by atoms with Gasteiger partial charge in [0.05, 0.1) is 16.5 Å². The van der Waals surface area contributed by atoms with E-state index in [9.17, 15) is 23.7 Å². The molecule has 4 heterocycles. The number of nitriles is 2. The third kappa shape index (κ3) is 4.56. The van der Waals surface area contributed by atoms with Gasteiger partial charge < -0.3 is 4.90 Å². The van der Waals surface area contributed by atoms with E-state index in [-0.39, 0.29) is 28.3 Å². The summed E-state index contributed by atoms with van der Waals surface area (Å²) in [7, 11) is -3.87.